The minimum atomic E-state index is 1.13. The monoisotopic (exact) mass is 501 g/mol. The second kappa shape index (κ2) is 8.30. The van der Waals surface area contributed by atoms with Crippen LogP contribution in [-0.2, 0) is 0 Å². The van der Waals surface area contributed by atoms with Crippen molar-refractivity contribution >= 4 is 65.3 Å². The molecule has 0 bridgehead atoms. The molecule has 2 heteroatoms. The molecule has 34 heavy (non-hydrogen) atoms. The third-order valence-corrected chi connectivity index (χ3v) is 7.47. The largest absolute Gasteiger partial charge is 0.310 e. The van der Waals surface area contributed by atoms with Crippen LogP contribution in [-0.4, -0.2) is 0 Å². The molecule has 0 atom stereocenters. The maximum atomic E-state index is 3.83. The van der Waals surface area contributed by atoms with Crippen molar-refractivity contribution in [2.75, 3.05) is 4.90 Å². The van der Waals surface area contributed by atoms with Crippen molar-refractivity contribution in [3.05, 3.63) is 125 Å². The Labute approximate surface area is 208 Å². The molecule has 6 aromatic carbocycles. The normalized spacial score (nSPS) is 11.4. The Hall–Kier alpha value is -3.62. The highest BCUT2D eigenvalue weighted by Gasteiger charge is 2.18. The first-order valence-corrected chi connectivity index (χ1v) is 12.4. The number of anilines is 3. The van der Waals surface area contributed by atoms with E-state index in [1.165, 1.54) is 54.8 Å². The second-order valence-electron chi connectivity index (χ2n) is 8.88. The van der Waals surface area contributed by atoms with Gasteiger partial charge in [-0.15, -0.1) is 0 Å². The van der Waals surface area contributed by atoms with E-state index < -0.39 is 0 Å². The molecule has 0 N–H and O–H groups in total. The molecule has 0 aliphatic carbocycles. The van der Waals surface area contributed by atoms with Crippen molar-refractivity contribution in [2.45, 2.75) is 13.8 Å². The second-order valence-corrected chi connectivity index (χ2v) is 9.73. The molecule has 1 nitrogen and oxygen atoms in total. The van der Waals surface area contributed by atoms with Crippen molar-refractivity contribution in [1.82, 2.24) is 0 Å². The van der Waals surface area contributed by atoms with Gasteiger partial charge in [0.2, 0.25) is 0 Å². The molecule has 0 aliphatic heterocycles. The van der Waals surface area contributed by atoms with Crippen LogP contribution in [0.2, 0.25) is 0 Å². The number of aryl methyl sites for hydroxylation is 2. The zero-order chi connectivity index (χ0) is 23.2. The quantitative estimate of drug-likeness (QED) is 0.218. The summed E-state index contributed by atoms with van der Waals surface area (Å²) in [5.41, 5.74) is 6.09. The first-order chi connectivity index (χ1) is 16.6. The molecule has 6 aromatic rings. The zero-order valence-electron chi connectivity index (χ0n) is 19.2. The molecule has 0 aliphatic rings. The maximum absolute atomic E-state index is 3.83. The van der Waals surface area contributed by atoms with E-state index in [1.807, 2.05) is 0 Å². The molecule has 6 rings (SSSR count). The lowest BCUT2D eigenvalue weighted by Gasteiger charge is -2.28. The standard InChI is InChI=1S/C32H24BrN/c1-21-16-17-24(18-22(21)2)34(23-10-4-3-5-11-23)32-20-30-25-12-6-8-14-27(25)31(33)19-29(30)26-13-7-9-15-28(26)32/h3-20H,1-2H3. The lowest BCUT2D eigenvalue weighted by Crippen LogP contribution is -2.11. The van der Waals surface area contributed by atoms with Gasteiger partial charge in [-0.05, 0) is 88.3 Å². The number of hydrogen-bond donors (Lipinski definition) is 0. The summed E-state index contributed by atoms with van der Waals surface area (Å²) >= 11 is 3.83. The van der Waals surface area contributed by atoms with E-state index in [0.717, 1.165) is 10.2 Å². The van der Waals surface area contributed by atoms with Gasteiger partial charge in [0.1, 0.15) is 0 Å². The summed E-state index contributed by atoms with van der Waals surface area (Å²) in [4.78, 5) is 2.39. The summed E-state index contributed by atoms with van der Waals surface area (Å²) in [6.07, 6.45) is 0. The molecule has 164 valence electrons. The van der Waals surface area contributed by atoms with Crippen molar-refractivity contribution in [2.24, 2.45) is 0 Å². The summed E-state index contributed by atoms with van der Waals surface area (Å²) in [7, 11) is 0. The Balaban J connectivity index is 1.77. The third kappa shape index (κ3) is 3.38. The summed E-state index contributed by atoms with van der Waals surface area (Å²) in [6, 6.07) is 39.5. The molecular formula is C32H24BrN. The topological polar surface area (TPSA) is 3.24 Å². The summed E-state index contributed by atoms with van der Waals surface area (Å²) in [5, 5.41) is 7.50. The molecule has 0 fully saturated rings. The van der Waals surface area contributed by atoms with Crippen molar-refractivity contribution in [1.29, 1.82) is 0 Å². The molecule has 0 radical (unpaired) electrons. The van der Waals surface area contributed by atoms with E-state index in [0.29, 0.717) is 0 Å². The van der Waals surface area contributed by atoms with Crippen molar-refractivity contribution < 1.29 is 0 Å². The average Bonchev–Trinajstić information content (AvgIpc) is 2.88. The number of hydrogen-bond acceptors (Lipinski definition) is 1. The number of fused-ring (bicyclic) bond motifs is 5. The van der Waals surface area contributed by atoms with E-state index in [1.54, 1.807) is 0 Å². The van der Waals surface area contributed by atoms with Gasteiger partial charge in [0.15, 0.2) is 0 Å². The van der Waals surface area contributed by atoms with Crippen LogP contribution in [0.4, 0.5) is 17.1 Å². The Kier molecular flexibility index (Phi) is 5.12. The maximum Gasteiger partial charge on any atom is 0.0546 e. The van der Waals surface area contributed by atoms with Gasteiger partial charge in [-0.1, -0.05) is 88.7 Å². The van der Waals surface area contributed by atoms with Crippen molar-refractivity contribution in [3.8, 4) is 0 Å². The Bertz CT molecular complexity index is 1690. The van der Waals surface area contributed by atoms with Crippen LogP contribution in [0.25, 0.3) is 32.3 Å². The highest BCUT2D eigenvalue weighted by molar-refractivity contribution is 9.10. The SMILES string of the molecule is Cc1ccc(N(c2ccccc2)c2cc3c4ccccc4c(Br)cc3c3ccccc23)cc1C. The molecule has 0 spiro atoms. The van der Waals surface area contributed by atoms with Crippen LogP contribution in [0, 0.1) is 13.8 Å². The number of nitrogens with zero attached hydrogens (tertiary/aromatic N) is 1. The van der Waals surface area contributed by atoms with Crippen LogP contribution in [0.15, 0.2) is 114 Å². The van der Waals surface area contributed by atoms with Gasteiger partial charge in [0, 0.05) is 21.2 Å². The van der Waals surface area contributed by atoms with Gasteiger partial charge in [0.25, 0.3) is 0 Å². The molecule has 0 saturated carbocycles. The predicted octanol–water partition coefficient (Wildman–Crippen LogP) is 10.00. The fourth-order valence-corrected chi connectivity index (χ4v) is 5.52. The van der Waals surface area contributed by atoms with Gasteiger partial charge in [0.05, 0.1) is 5.69 Å². The Morgan fingerprint density at radius 2 is 1.06 bits per heavy atom. The molecule has 0 unspecified atom stereocenters. The average molecular weight is 502 g/mol. The first-order valence-electron chi connectivity index (χ1n) is 11.6. The fourth-order valence-electron chi connectivity index (χ4n) is 4.94. The Morgan fingerprint density at radius 1 is 0.471 bits per heavy atom. The summed E-state index contributed by atoms with van der Waals surface area (Å²) < 4.78 is 1.13. The number of benzene rings is 6. The molecule has 0 heterocycles. The lowest BCUT2D eigenvalue weighted by atomic mass is 9.95. The third-order valence-electron chi connectivity index (χ3n) is 6.81. The minimum absolute atomic E-state index is 1.13. The van der Waals surface area contributed by atoms with E-state index in [-0.39, 0.29) is 0 Å². The highest BCUT2D eigenvalue weighted by atomic mass is 79.9. The van der Waals surface area contributed by atoms with Gasteiger partial charge in [-0.25, -0.2) is 0 Å². The minimum Gasteiger partial charge on any atom is -0.310 e. The molecule has 0 amide bonds. The van der Waals surface area contributed by atoms with E-state index >= 15 is 0 Å². The van der Waals surface area contributed by atoms with Crippen LogP contribution < -0.4 is 4.90 Å². The summed E-state index contributed by atoms with van der Waals surface area (Å²) in [5.74, 6) is 0. The van der Waals surface area contributed by atoms with Gasteiger partial charge in [-0.2, -0.15) is 0 Å². The molecule has 0 aromatic heterocycles. The van der Waals surface area contributed by atoms with Crippen LogP contribution in [0.5, 0.6) is 0 Å². The van der Waals surface area contributed by atoms with E-state index in [2.05, 4.69) is 144 Å². The van der Waals surface area contributed by atoms with Crippen molar-refractivity contribution in [3.63, 3.8) is 0 Å². The van der Waals surface area contributed by atoms with Crippen LogP contribution >= 0.6 is 15.9 Å². The van der Waals surface area contributed by atoms with Gasteiger partial charge < -0.3 is 4.90 Å². The number of para-hydroxylation sites is 1. The van der Waals surface area contributed by atoms with Gasteiger partial charge >= 0.3 is 0 Å². The van der Waals surface area contributed by atoms with E-state index in [4.69, 9.17) is 0 Å². The predicted molar refractivity (Wildman–Crippen MR) is 151 cm³/mol. The zero-order valence-corrected chi connectivity index (χ0v) is 20.8. The summed E-state index contributed by atoms with van der Waals surface area (Å²) in [6.45, 7) is 4.35. The Morgan fingerprint density at radius 3 is 1.76 bits per heavy atom. The first kappa shape index (κ1) is 20.9. The van der Waals surface area contributed by atoms with E-state index in [9.17, 15) is 0 Å². The smallest absolute Gasteiger partial charge is 0.0546 e. The molecule has 0 saturated heterocycles. The van der Waals surface area contributed by atoms with Gasteiger partial charge in [-0.3, -0.25) is 0 Å². The highest BCUT2D eigenvalue weighted by Crippen LogP contribution is 2.44. The number of halogens is 1. The lowest BCUT2D eigenvalue weighted by molar-refractivity contribution is 1.26. The number of rotatable bonds is 3. The molecular weight excluding hydrogens is 478 g/mol. The van der Waals surface area contributed by atoms with Crippen LogP contribution in [0.3, 0.4) is 0 Å². The van der Waals surface area contributed by atoms with Crippen LogP contribution in [0.1, 0.15) is 11.1 Å². The fraction of sp³-hybridized carbons (Fsp3) is 0.0625.